The van der Waals surface area contributed by atoms with Gasteiger partial charge in [-0.1, -0.05) is 12.1 Å². The first-order chi connectivity index (χ1) is 6.34. The number of benzene rings is 1. The summed E-state index contributed by atoms with van der Waals surface area (Å²) < 4.78 is 0. The Labute approximate surface area is 75.4 Å². The normalized spacial score (nSPS) is 10.2. The third-order valence-electron chi connectivity index (χ3n) is 1.73. The maximum Gasteiger partial charge on any atom is 0.115 e. The zero-order valence-electron chi connectivity index (χ0n) is 6.96. The van der Waals surface area contributed by atoms with Gasteiger partial charge in [0.2, 0.25) is 0 Å². The third-order valence-corrected chi connectivity index (χ3v) is 1.73. The molecular formula is C9H9N3O. The average Bonchev–Trinajstić information content (AvgIpc) is 2.62. The number of nitrogens with zero attached hydrogens (tertiary/aromatic N) is 3. The van der Waals surface area contributed by atoms with E-state index >= 15 is 0 Å². The van der Waals surface area contributed by atoms with Crippen LogP contribution in [0.3, 0.4) is 0 Å². The molecule has 0 spiro atoms. The van der Waals surface area contributed by atoms with Crippen molar-refractivity contribution in [2.24, 2.45) is 0 Å². The van der Waals surface area contributed by atoms with Crippen molar-refractivity contribution in [1.29, 1.82) is 0 Å². The summed E-state index contributed by atoms with van der Waals surface area (Å²) in [6, 6.07) is 7.00. The number of aromatic hydroxyl groups is 1. The van der Waals surface area contributed by atoms with Crippen molar-refractivity contribution in [3.8, 4) is 5.75 Å². The zero-order valence-corrected chi connectivity index (χ0v) is 6.96. The Balaban J connectivity index is 2.15. The number of hydrogen-bond acceptors (Lipinski definition) is 3. The van der Waals surface area contributed by atoms with Crippen molar-refractivity contribution in [3.63, 3.8) is 0 Å². The molecule has 0 atom stereocenters. The van der Waals surface area contributed by atoms with Crippen molar-refractivity contribution in [2.75, 3.05) is 0 Å². The van der Waals surface area contributed by atoms with E-state index in [2.05, 4.69) is 10.2 Å². The Bertz CT molecular complexity index is 366. The molecule has 1 aromatic carbocycles. The van der Waals surface area contributed by atoms with E-state index in [1.807, 2.05) is 12.1 Å². The van der Waals surface area contributed by atoms with Crippen molar-refractivity contribution in [3.05, 3.63) is 42.2 Å². The van der Waals surface area contributed by atoms with E-state index < -0.39 is 0 Å². The van der Waals surface area contributed by atoms with Crippen molar-refractivity contribution in [1.82, 2.24) is 15.0 Å². The van der Waals surface area contributed by atoms with Crippen LogP contribution in [0.15, 0.2) is 36.7 Å². The van der Waals surface area contributed by atoms with E-state index in [0.29, 0.717) is 6.54 Å². The maximum absolute atomic E-state index is 9.04. The van der Waals surface area contributed by atoms with Crippen LogP contribution in [0.2, 0.25) is 0 Å². The van der Waals surface area contributed by atoms with Crippen LogP contribution in [0, 0.1) is 0 Å². The molecule has 0 amide bonds. The quantitative estimate of drug-likeness (QED) is 0.741. The zero-order chi connectivity index (χ0) is 9.10. The smallest absolute Gasteiger partial charge is 0.115 e. The van der Waals surface area contributed by atoms with Crippen LogP contribution in [0.1, 0.15) is 5.56 Å². The molecule has 1 heterocycles. The maximum atomic E-state index is 9.04. The van der Waals surface area contributed by atoms with Gasteiger partial charge in [0.25, 0.3) is 0 Å². The van der Waals surface area contributed by atoms with Crippen LogP contribution in [0.25, 0.3) is 0 Å². The fraction of sp³-hybridized carbons (Fsp3) is 0.111. The van der Waals surface area contributed by atoms with Crippen LogP contribution in [0.5, 0.6) is 5.75 Å². The summed E-state index contributed by atoms with van der Waals surface area (Å²) in [5.74, 6) is 0.275. The van der Waals surface area contributed by atoms with Gasteiger partial charge < -0.3 is 5.11 Å². The van der Waals surface area contributed by atoms with Crippen LogP contribution in [-0.2, 0) is 6.54 Å². The summed E-state index contributed by atoms with van der Waals surface area (Å²) in [5, 5.41) is 17.0. The highest BCUT2D eigenvalue weighted by Gasteiger charge is 1.95. The van der Waals surface area contributed by atoms with Crippen molar-refractivity contribution in [2.45, 2.75) is 6.54 Å². The summed E-state index contributed by atoms with van der Waals surface area (Å²) in [6.45, 7) is 0.632. The second kappa shape index (κ2) is 3.26. The highest BCUT2D eigenvalue weighted by atomic mass is 16.3. The fourth-order valence-electron chi connectivity index (χ4n) is 1.09. The first-order valence-corrected chi connectivity index (χ1v) is 3.96. The van der Waals surface area contributed by atoms with Gasteiger partial charge in [-0.05, 0) is 17.7 Å². The van der Waals surface area contributed by atoms with Gasteiger partial charge in [-0.25, -0.2) is 0 Å². The first-order valence-electron chi connectivity index (χ1n) is 3.96. The monoisotopic (exact) mass is 175 g/mol. The topological polar surface area (TPSA) is 50.9 Å². The molecule has 0 saturated heterocycles. The summed E-state index contributed by atoms with van der Waals surface area (Å²) in [7, 11) is 0. The van der Waals surface area contributed by atoms with Gasteiger partial charge in [-0.2, -0.15) is 15.0 Å². The molecule has 0 bridgehead atoms. The fourth-order valence-corrected chi connectivity index (χ4v) is 1.09. The molecule has 4 heteroatoms. The molecule has 4 nitrogen and oxygen atoms in total. The van der Waals surface area contributed by atoms with E-state index in [1.54, 1.807) is 29.3 Å². The van der Waals surface area contributed by atoms with E-state index in [9.17, 15) is 0 Å². The average molecular weight is 175 g/mol. The van der Waals surface area contributed by atoms with E-state index in [-0.39, 0.29) is 5.75 Å². The van der Waals surface area contributed by atoms with Crippen LogP contribution >= 0.6 is 0 Å². The minimum atomic E-state index is 0.275. The molecule has 0 aliphatic heterocycles. The molecule has 1 aromatic heterocycles. The highest BCUT2D eigenvalue weighted by Crippen LogP contribution is 2.09. The lowest BCUT2D eigenvalue weighted by Crippen LogP contribution is -2.02. The lowest BCUT2D eigenvalue weighted by atomic mass is 10.2. The standard InChI is InChI=1S/C9H9N3O/c13-9-3-1-8(2-4-9)7-12-10-5-6-11-12/h1-6,13H,7H2. The summed E-state index contributed by atoms with van der Waals surface area (Å²) in [5.41, 5.74) is 1.06. The predicted molar refractivity (Wildman–Crippen MR) is 47.2 cm³/mol. The second-order valence-electron chi connectivity index (χ2n) is 2.73. The number of aromatic nitrogens is 3. The molecule has 0 unspecified atom stereocenters. The summed E-state index contributed by atoms with van der Waals surface area (Å²) in [6.07, 6.45) is 3.28. The van der Waals surface area contributed by atoms with E-state index in [1.165, 1.54) is 0 Å². The Morgan fingerprint density at radius 3 is 2.31 bits per heavy atom. The number of rotatable bonds is 2. The van der Waals surface area contributed by atoms with Crippen LogP contribution in [0.4, 0.5) is 0 Å². The number of hydrogen-bond donors (Lipinski definition) is 1. The molecule has 2 aromatic rings. The van der Waals surface area contributed by atoms with Crippen LogP contribution < -0.4 is 0 Å². The van der Waals surface area contributed by atoms with Crippen LogP contribution in [-0.4, -0.2) is 20.1 Å². The molecule has 0 fully saturated rings. The SMILES string of the molecule is Oc1ccc(Cn2nccn2)cc1. The molecule has 1 N–H and O–H groups in total. The second-order valence-corrected chi connectivity index (χ2v) is 2.73. The lowest BCUT2D eigenvalue weighted by molar-refractivity contribution is 0.474. The first kappa shape index (κ1) is 7.79. The minimum absolute atomic E-state index is 0.275. The minimum Gasteiger partial charge on any atom is -0.508 e. The van der Waals surface area contributed by atoms with Gasteiger partial charge in [0.15, 0.2) is 0 Å². The third kappa shape index (κ3) is 1.84. The molecule has 13 heavy (non-hydrogen) atoms. The molecule has 66 valence electrons. The van der Waals surface area contributed by atoms with E-state index in [0.717, 1.165) is 5.56 Å². The summed E-state index contributed by atoms with van der Waals surface area (Å²) >= 11 is 0. The number of phenols is 1. The Morgan fingerprint density at radius 1 is 1.08 bits per heavy atom. The molecule has 0 saturated carbocycles. The van der Waals surface area contributed by atoms with Gasteiger partial charge in [0.1, 0.15) is 5.75 Å². The summed E-state index contributed by atoms with van der Waals surface area (Å²) in [4.78, 5) is 1.59. The molecular weight excluding hydrogens is 166 g/mol. The van der Waals surface area contributed by atoms with Crippen molar-refractivity contribution >= 4 is 0 Å². The number of phenolic OH excluding ortho intramolecular Hbond substituents is 1. The van der Waals surface area contributed by atoms with Crippen molar-refractivity contribution < 1.29 is 5.11 Å². The molecule has 0 aliphatic rings. The van der Waals surface area contributed by atoms with Gasteiger partial charge in [-0.15, -0.1) is 0 Å². The molecule has 2 rings (SSSR count). The predicted octanol–water partition coefficient (Wildman–Crippen LogP) is 1.03. The Kier molecular flexibility index (Phi) is 1.96. The highest BCUT2D eigenvalue weighted by molar-refractivity contribution is 5.25. The largest absolute Gasteiger partial charge is 0.508 e. The van der Waals surface area contributed by atoms with Gasteiger partial charge >= 0.3 is 0 Å². The lowest BCUT2D eigenvalue weighted by Gasteiger charge is -1.99. The van der Waals surface area contributed by atoms with Gasteiger partial charge in [0.05, 0.1) is 18.9 Å². The van der Waals surface area contributed by atoms with E-state index in [4.69, 9.17) is 5.11 Å². The molecule has 0 aliphatic carbocycles. The Morgan fingerprint density at radius 2 is 1.69 bits per heavy atom. The molecule has 0 radical (unpaired) electrons. The van der Waals surface area contributed by atoms with Gasteiger partial charge in [-0.3, -0.25) is 0 Å². The Hall–Kier alpha value is -1.84. The van der Waals surface area contributed by atoms with Gasteiger partial charge in [0, 0.05) is 0 Å².